The van der Waals surface area contributed by atoms with Crippen LogP contribution >= 0.6 is 0 Å². The lowest BCUT2D eigenvalue weighted by Gasteiger charge is -2.10. The maximum atomic E-state index is 8.52. The second-order valence-electron chi connectivity index (χ2n) is 2.67. The quantitative estimate of drug-likeness (QED) is 0.347. The Morgan fingerprint density at radius 3 is 2.67 bits per heavy atom. The highest BCUT2D eigenvalue weighted by Crippen LogP contribution is 2.26. The van der Waals surface area contributed by atoms with Crippen molar-refractivity contribution in [3.8, 4) is 11.5 Å². The summed E-state index contributed by atoms with van der Waals surface area (Å²) in [6.07, 6.45) is 1.25. The fraction of sp³-hybridized carbons (Fsp3) is 0.300. The van der Waals surface area contributed by atoms with Gasteiger partial charge in [-0.3, -0.25) is 0 Å². The van der Waals surface area contributed by atoms with Gasteiger partial charge in [0.2, 0.25) is 0 Å². The van der Waals surface area contributed by atoms with E-state index in [0.29, 0.717) is 17.1 Å². The summed E-state index contributed by atoms with van der Waals surface area (Å²) in [6, 6.07) is 5.26. The molecule has 0 aliphatic carbocycles. The van der Waals surface area contributed by atoms with Crippen LogP contribution in [-0.4, -0.2) is 32.4 Å². The van der Waals surface area contributed by atoms with Gasteiger partial charge in [-0.05, 0) is 12.1 Å². The lowest BCUT2D eigenvalue weighted by atomic mass is 10.2. The first-order valence-electron chi connectivity index (χ1n) is 4.29. The van der Waals surface area contributed by atoms with Gasteiger partial charge in [-0.25, -0.2) is 0 Å². The van der Waals surface area contributed by atoms with Crippen LogP contribution in [0, 0.1) is 0 Å². The van der Waals surface area contributed by atoms with Crippen molar-refractivity contribution < 1.29 is 19.4 Å². The smallest absolute Gasteiger partial charge is 0.188 e. The molecule has 0 spiro atoms. The molecule has 1 N–H and O–H groups in total. The average molecular weight is 211 g/mol. The monoisotopic (exact) mass is 211 g/mol. The van der Waals surface area contributed by atoms with Gasteiger partial charge in [0.15, 0.2) is 6.79 Å². The SMILES string of the molecule is COCOc1cccc(OC)c1C=NO. The molecule has 15 heavy (non-hydrogen) atoms. The van der Waals surface area contributed by atoms with E-state index < -0.39 is 0 Å². The highest BCUT2D eigenvalue weighted by molar-refractivity contribution is 5.87. The van der Waals surface area contributed by atoms with E-state index in [1.807, 2.05) is 0 Å². The van der Waals surface area contributed by atoms with Crippen LogP contribution in [0.2, 0.25) is 0 Å². The second kappa shape index (κ2) is 5.87. The normalized spacial score (nSPS) is 10.5. The molecule has 0 heterocycles. The summed E-state index contributed by atoms with van der Waals surface area (Å²) in [7, 11) is 3.06. The van der Waals surface area contributed by atoms with E-state index in [9.17, 15) is 0 Å². The van der Waals surface area contributed by atoms with Gasteiger partial charge in [-0.15, -0.1) is 0 Å². The zero-order valence-electron chi connectivity index (χ0n) is 8.64. The predicted octanol–water partition coefficient (Wildman–Crippen LogP) is 1.49. The fourth-order valence-corrected chi connectivity index (χ4v) is 1.14. The van der Waals surface area contributed by atoms with Gasteiger partial charge in [-0.1, -0.05) is 11.2 Å². The van der Waals surface area contributed by atoms with Crippen LogP contribution in [0.15, 0.2) is 23.4 Å². The molecule has 0 unspecified atom stereocenters. The Hall–Kier alpha value is -1.75. The molecule has 82 valence electrons. The molecular formula is C10H13NO4. The first-order chi connectivity index (χ1) is 7.33. The van der Waals surface area contributed by atoms with Crippen LogP contribution in [0.25, 0.3) is 0 Å². The van der Waals surface area contributed by atoms with Gasteiger partial charge in [0, 0.05) is 7.11 Å². The largest absolute Gasteiger partial charge is 0.496 e. The van der Waals surface area contributed by atoms with Gasteiger partial charge in [-0.2, -0.15) is 0 Å². The molecule has 5 heteroatoms. The summed E-state index contributed by atoms with van der Waals surface area (Å²) in [6.45, 7) is 0.124. The van der Waals surface area contributed by atoms with E-state index in [1.165, 1.54) is 20.4 Å². The number of nitrogens with zero attached hydrogens (tertiary/aromatic N) is 1. The molecule has 0 saturated carbocycles. The van der Waals surface area contributed by atoms with Crippen LogP contribution in [0.4, 0.5) is 0 Å². The Labute approximate surface area is 87.9 Å². The van der Waals surface area contributed by atoms with E-state index in [1.54, 1.807) is 18.2 Å². The van der Waals surface area contributed by atoms with Crippen molar-refractivity contribution in [1.82, 2.24) is 0 Å². The molecule has 0 saturated heterocycles. The van der Waals surface area contributed by atoms with Crippen molar-refractivity contribution >= 4 is 6.21 Å². The highest BCUT2D eigenvalue weighted by Gasteiger charge is 2.07. The number of oxime groups is 1. The summed E-state index contributed by atoms with van der Waals surface area (Å²) in [5.74, 6) is 1.11. The minimum absolute atomic E-state index is 0.124. The van der Waals surface area contributed by atoms with Crippen LogP contribution in [0.5, 0.6) is 11.5 Å². The number of hydrogen-bond donors (Lipinski definition) is 1. The van der Waals surface area contributed by atoms with Gasteiger partial charge in [0.05, 0.1) is 18.9 Å². The third-order valence-electron chi connectivity index (χ3n) is 1.77. The molecule has 0 atom stereocenters. The highest BCUT2D eigenvalue weighted by atomic mass is 16.7. The average Bonchev–Trinajstić information content (AvgIpc) is 2.28. The third kappa shape index (κ3) is 2.85. The van der Waals surface area contributed by atoms with Crippen molar-refractivity contribution in [3.63, 3.8) is 0 Å². The van der Waals surface area contributed by atoms with Gasteiger partial charge < -0.3 is 19.4 Å². The lowest BCUT2D eigenvalue weighted by Crippen LogP contribution is -2.02. The van der Waals surface area contributed by atoms with Gasteiger partial charge >= 0.3 is 0 Å². The molecule has 0 bridgehead atoms. The van der Waals surface area contributed by atoms with Gasteiger partial charge in [0.1, 0.15) is 11.5 Å². The molecule has 0 radical (unpaired) electrons. The van der Waals surface area contributed by atoms with Crippen LogP contribution < -0.4 is 9.47 Å². The third-order valence-corrected chi connectivity index (χ3v) is 1.77. The predicted molar refractivity (Wildman–Crippen MR) is 54.9 cm³/mol. The Kier molecular flexibility index (Phi) is 4.43. The first kappa shape index (κ1) is 11.3. The number of methoxy groups -OCH3 is 2. The van der Waals surface area contributed by atoms with E-state index in [0.717, 1.165) is 0 Å². The first-order valence-corrected chi connectivity index (χ1v) is 4.29. The van der Waals surface area contributed by atoms with E-state index >= 15 is 0 Å². The summed E-state index contributed by atoms with van der Waals surface area (Å²) < 4.78 is 15.2. The molecule has 0 aliphatic heterocycles. The summed E-state index contributed by atoms with van der Waals surface area (Å²) in [5.41, 5.74) is 0.569. The summed E-state index contributed by atoms with van der Waals surface area (Å²) in [4.78, 5) is 0. The Morgan fingerprint density at radius 2 is 2.07 bits per heavy atom. The van der Waals surface area contributed by atoms with Crippen LogP contribution in [0.1, 0.15) is 5.56 Å². The number of ether oxygens (including phenoxy) is 3. The van der Waals surface area contributed by atoms with Gasteiger partial charge in [0.25, 0.3) is 0 Å². The minimum Gasteiger partial charge on any atom is -0.496 e. The molecule has 1 rings (SSSR count). The molecule has 0 fully saturated rings. The lowest BCUT2D eigenvalue weighted by molar-refractivity contribution is 0.0508. The number of benzene rings is 1. The van der Waals surface area contributed by atoms with Crippen molar-refractivity contribution in [3.05, 3.63) is 23.8 Å². The number of rotatable bonds is 5. The fourth-order valence-electron chi connectivity index (χ4n) is 1.14. The molecule has 1 aromatic carbocycles. The standard InChI is InChI=1S/C10H13NO4/c1-13-7-15-10-5-3-4-9(14-2)8(10)6-11-12/h3-6,12H,7H2,1-2H3. The van der Waals surface area contributed by atoms with Crippen molar-refractivity contribution in [2.24, 2.45) is 5.16 Å². The Bertz CT molecular complexity index is 338. The maximum absolute atomic E-state index is 8.52. The second-order valence-corrected chi connectivity index (χ2v) is 2.67. The molecular weight excluding hydrogens is 198 g/mol. The minimum atomic E-state index is 0.124. The van der Waals surface area contributed by atoms with Crippen LogP contribution in [0.3, 0.4) is 0 Å². The summed E-state index contributed by atoms with van der Waals surface area (Å²) >= 11 is 0. The molecule has 5 nitrogen and oxygen atoms in total. The van der Waals surface area contributed by atoms with Crippen molar-refractivity contribution in [2.45, 2.75) is 0 Å². The van der Waals surface area contributed by atoms with E-state index in [4.69, 9.17) is 19.4 Å². The summed E-state index contributed by atoms with van der Waals surface area (Å²) in [5, 5.41) is 11.5. The van der Waals surface area contributed by atoms with Crippen molar-refractivity contribution in [2.75, 3.05) is 21.0 Å². The Morgan fingerprint density at radius 1 is 1.33 bits per heavy atom. The molecule has 0 aromatic heterocycles. The molecule has 1 aromatic rings. The molecule has 0 amide bonds. The van der Waals surface area contributed by atoms with E-state index in [2.05, 4.69) is 5.16 Å². The zero-order valence-corrected chi connectivity index (χ0v) is 8.64. The zero-order chi connectivity index (χ0) is 11.1. The van der Waals surface area contributed by atoms with E-state index in [-0.39, 0.29) is 6.79 Å². The maximum Gasteiger partial charge on any atom is 0.188 e. The van der Waals surface area contributed by atoms with Crippen LogP contribution in [-0.2, 0) is 4.74 Å². The Balaban J connectivity index is 3.01. The van der Waals surface area contributed by atoms with Crippen molar-refractivity contribution in [1.29, 1.82) is 0 Å². The number of hydrogen-bond acceptors (Lipinski definition) is 5. The topological polar surface area (TPSA) is 60.3 Å². The molecule has 0 aliphatic rings.